The minimum absolute atomic E-state index is 0. The van der Waals surface area contributed by atoms with Gasteiger partial charge in [0.25, 0.3) is 0 Å². The first kappa shape index (κ1) is 12.0. The summed E-state index contributed by atoms with van der Waals surface area (Å²) in [5.74, 6) is 0. The molecule has 0 aliphatic heterocycles. The number of para-hydroxylation sites is 1. The number of anilines is 1. The monoisotopic (exact) mass is 197 g/mol. The first-order valence-electron chi connectivity index (χ1n) is 4.21. The van der Waals surface area contributed by atoms with Gasteiger partial charge in [-0.05, 0) is 26.0 Å². The summed E-state index contributed by atoms with van der Waals surface area (Å²) in [4.78, 5) is 0. The lowest BCUT2D eigenvalue weighted by molar-refractivity contribution is 1.26. The smallest absolute Gasteiger partial charge is 0.0342 e. The van der Waals surface area contributed by atoms with Crippen LogP contribution >= 0.6 is 12.4 Å². The molecule has 0 saturated heterocycles. The second-order valence-corrected chi connectivity index (χ2v) is 3.03. The van der Waals surface area contributed by atoms with Crippen molar-refractivity contribution in [3.63, 3.8) is 0 Å². The second kappa shape index (κ2) is 6.55. The highest BCUT2D eigenvalue weighted by atomic mass is 35.5. The van der Waals surface area contributed by atoms with Crippen LogP contribution in [0.15, 0.2) is 42.0 Å². The second-order valence-electron chi connectivity index (χ2n) is 3.03. The maximum absolute atomic E-state index is 3.30. The maximum Gasteiger partial charge on any atom is 0.0342 e. The van der Waals surface area contributed by atoms with E-state index in [9.17, 15) is 0 Å². The minimum Gasteiger partial charge on any atom is -0.382 e. The summed E-state index contributed by atoms with van der Waals surface area (Å²) in [6.07, 6.45) is 2.17. The van der Waals surface area contributed by atoms with Crippen LogP contribution < -0.4 is 5.32 Å². The predicted molar refractivity (Wildman–Crippen MR) is 61.6 cm³/mol. The fourth-order valence-corrected chi connectivity index (χ4v) is 0.929. The Labute approximate surface area is 86.3 Å². The summed E-state index contributed by atoms with van der Waals surface area (Å²) in [5.41, 5.74) is 2.52. The van der Waals surface area contributed by atoms with E-state index in [0.717, 1.165) is 6.54 Å². The van der Waals surface area contributed by atoms with Crippen LogP contribution in [0.5, 0.6) is 0 Å². The summed E-state index contributed by atoms with van der Waals surface area (Å²) in [6.45, 7) is 5.12. The molecule has 1 rings (SSSR count). The van der Waals surface area contributed by atoms with Crippen LogP contribution in [0.2, 0.25) is 0 Å². The molecule has 0 amide bonds. The third kappa shape index (κ3) is 5.31. The third-order valence-corrected chi connectivity index (χ3v) is 1.59. The number of nitrogens with one attached hydrogen (secondary N) is 1. The molecule has 72 valence electrons. The van der Waals surface area contributed by atoms with E-state index in [0.29, 0.717) is 0 Å². The average molecular weight is 198 g/mol. The number of benzene rings is 1. The van der Waals surface area contributed by atoms with Crippen molar-refractivity contribution in [1.29, 1.82) is 0 Å². The van der Waals surface area contributed by atoms with E-state index in [1.54, 1.807) is 0 Å². The molecule has 0 fully saturated rings. The summed E-state index contributed by atoms with van der Waals surface area (Å²) in [6, 6.07) is 10.2. The largest absolute Gasteiger partial charge is 0.382 e. The number of rotatable bonds is 3. The van der Waals surface area contributed by atoms with Gasteiger partial charge < -0.3 is 5.32 Å². The van der Waals surface area contributed by atoms with Gasteiger partial charge in [-0.3, -0.25) is 0 Å². The molecule has 0 unspecified atom stereocenters. The Morgan fingerprint density at radius 3 is 2.38 bits per heavy atom. The van der Waals surface area contributed by atoms with E-state index in [1.165, 1.54) is 11.3 Å². The van der Waals surface area contributed by atoms with Gasteiger partial charge in [-0.15, -0.1) is 12.4 Å². The van der Waals surface area contributed by atoms with E-state index >= 15 is 0 Å². The van der Waals surface area contributed by atoms with Crippen LogP contribution in [-0.4, -0.2) is 6.54 Å². The molecule has 0 spiro atoms. The van der Waals surface area contributed by atoms with Crippen LogP contribution in [-0.2, 0) is 0 Å². The number of halogens is 1. The van der Waals surface area contributed by atoms with E-state index in [4.69, 9.17) is 0 Å². The van der Waals surface area contributed by atoms with Crippen LogP contribution in [0.3, 0.4) is 0 Å². The van der Waals surface area contributed by atoms with Crippen molar-refractivity contribution >= 4 is 18.1 Å². The average Bonchev–Trinajstić information content (AvgIpc) is 2.05. The summed E-state index contributed by atoms with van der Waals surface area (Å²) < 4.78 is 0. The third-order valence-electron chi connectivity index (χ3n) is 1.59. The number of hydrogen-bond acceptors (Lipinski definition) is 1. The van der Waals surface area contributed by atoms with E-state index < -0.39 is 0 Å². The molecule has 1 aromatic carbocycles. The molecule has 0 aliphatic rings. The summed E-state index contributed by atoms with van der Waals surface area (Å²) in [7, 11) is 0. The predicted octanol–water partition coefficient (Wildman–Crippen LogP) is 3.49. The number of allylic oxidation sites excluding steroid dienone is 1. The van der Waals surface area contributed by atoms with Crippen LogP contribution in [0.4, 0.5) is 5.69 Å². The zero-order valence-corrected chi connectivity index (χ0v) is 8.90. The first-order valence-corrected chi connectivity index (χ1v) is 4.21. The minimum atomic E-state index is 0. The molecule has 1 aromatic rings. The zero-order chi connectivity index (χ0) is 8.81. The molecule has 0 atom stereocenters. The molecule has 1 nitrogen and oxygen atoms in total. The maximum atomic E-state index is 3.30. The molecular weight excluding hydrogens is 182 g/mol. The number of hydrogen-bond donors (Lipinski definition) is 1. The van der Waals surface area contributed by atoms with Gasteiger partial charge in [-0.2, -0.15) is 0 Å². The summed E-state index contributed by atoms with van der Waals surface area (Å²) in [5, 5.41) is 3.30. The fourth-order valence-electron chi connectivity index (χ4n) is 0.929. The van der Waals surface area contributed by atoms with Crippen molar-refractivity contribution in [3.05, 3.63) is 42.0 Å². The van der Waals surface area contributed by atoms with Crippen LogP contribution in [0, 0.1) is 0 Å². The van der Waals surface area contributed by atoms with E-state index in [2.05, 4.69) is 37.4 Å². The lowest BCUT2D eigenvalue weighted by atomic mass is 10.3. The molecule has 1 N–H and O–H groups in total. The standard InChI is InChI=1S/C11H15N.ClH/c1-10(2)8-9-12-11-6-4-3-5-7-11;/h3-8,12H,9H2,1-2H3;1H. The lowest BCUT2D eigenvalue weighted by Gasteiger charge is -2.01. The van der Waals surface area contributed by atoms with Crippen molar-refractivity contribution in [3.8, 4) is 0 Å². The highest BCUT2D eigenvalue weighted by Gasteiger charge is 1.84. The Morgan fingerprint density at radius 2 is 1.85 bits per heavy atom. The van der Waals surface area contributed by atoms with Crippen LogP contribution in [0.25, 0.3) is 0 Å². The van der Waals surface area contributed by atoms with Gasteiger partial charge in [-0.1, -0.05) is 29.8 Å². The van der Waals surface area contributed by atoms with Gasteiger partial charge >= 0.3 is 0 Å². The topological polar surface area (TPSA) is 12.0 Å². The Bertz CT molecular complexity index is 250. The Morgan fingerprint density at radius 1 is 1.23 bits per heavy atom. The van der Waals surface area contributed by atoms with Crippen molar-refractivity contribution < 1.29 is 0 Å². The van der Waals surface area contributed by atoms with Gasteiger partial charge in [0, 0.05) is 12.2 Å². The molecule has 0 heterocycles. The molecule has 13 heavy (non-hydrogen) atoms. The Balaban J connectivity index is 0.00000144. The van der Waals surface area contributed by atoms with Gasteiger partial charge in [0.05, 0.1) is 0 Å². The molecule has 0 aliphatic carbocycles. The highest BCUT2D eigenvalue weighted by Crippen LogP contribution is 2.04. The molecule has 2 heteroatoms. The Hall–Kier alpha value is -0.950. The SMILES string of the molecule is CC(C)=CCNc1ccccc1.Cl. The van der Waals surface area contributed by atoms with Gasteiger partial charge in [0.1, 0.15) is 0 Å². The van der Waals surface area contributed by atoms with Crippen molar-refractivity contribution in [1.82, 2.24) is 0 Å². The molecule has 0 saturated carbocycles. The first-order chi connectivity index (χ1) is 5.79. The van der Waals surface area contributed by atoms with Crippen molar-refractivity contribution in [2.45, 2.75) is 13.8 Å². The lowest BCUT2D eigenvalue weighted by Crippen LogP contribution is -1.97. The molecule has 0 bridgehead atoms. The van der Waals surface area contributed by atoms with Crippen molar-refractivity contribution in [2.75, 3.05) is 11.9 Å². The molecule has 0 radical (unpaired) electrons. The van der Waals surface area contributed by atoms with Gasteiger partial charge in [-0.25, -0.2) is 0 Å². The van der Waals surface area contributed by atoms with E-state index in [1.807, 2.05) is 18.2 Å². The zero-order valence-electron chi connectivity index (χ0n) is 8.08. The van der Waals surface area contributed by atoms with Crippen LogP contribution in [0.1, 0.15) is 13.8 Å². The molecule has 0 aromatic heterocycles. The Kier molecular flexibility index (Phi) is 6.07. The van der Waals surface area contributed by atoms with Gasteiger partial charge in [0.2, 0.25) is 0 Å². The molecular formula is C11H16ClN. The normalized spacial score (nSPS) is 8.46. The van der Waals surface area contributed by atoms with E-state index in [-0.39, 0.29) is 12.4 Å². The van der Waals surface area contributed by atoms with Crippen molar-refractivity contribution in [2.24, 2.45) is 0 Å². The quantitative estimate of drug-likeness (QED) is 0.732. The fraction of sp³-hybridized carbons (Fsp3) is 0.273. The van der Waals surface area contributed by atoms with Gasteiger partial charge in [0.15, 0.2) is 0 Å². The highest BCUT2D eigenvalue weighted by molar-refractivity contribution is 5.85. The summed E-state index contributed by atoms with van der Waals surface area (Å²) >= 11 is 0.